The largest absolute Gasteiger partial charge is 0.378 e. The van der Waals surface area contributed by atoms with Gasteiger partial charge in [-0.3, -0.25) is 0 Å². The molecule has 0 amide bonds. The minimum Gasteiger partial charge on any atom is -0.378 e. The van der Waals surface area contributed by atoms with Gasteiger partial charge in [0, 0.05) is 19.8 Å². The fourth-order valence-corrected chi connectivity index (χ4v) is 16.5. The maximum Gasteiger partial charge on any atom is 0.0624 e. The molecule has 3 nitrogen and oxygen atoms in total. The van der Waals surface area contributed by atoms with Crippen molar-refractivity contribution in [3.05, 3.63) is 75.9 Å². The second-order valence-electron chi connectivity index (χ2n) is 14.9. The minimum absolute atomic E-state index is 0.227. The smallest absolute Gasteiger partial charge is 0.0624 e. The number of ether oxygens (including phenoxy) is 3. The minimum atomic E-state index is -1.29. The first-order valence-corrected chi connectivity index (χ1v) is 27.5. The predicted octanol–water partition coefficient (Wildman–Crippen LogP) is 12.0. The van der Waals surface area contributed by atoms with Crippen LogP contribution in [0.5, 0.6) is 0 Å². The van der Waals surface area contributed by atoms with Gasteiger partial charge < -0.3 is 14.2 Å². The maximum absolute atomic E-state index is 6.52. The molecule has 0 radical (unpaired) electrons. The summed E-state index contributed by atoms with van der Waals surface area (Å²) in [6.07, 6.45) is 23.4. The lowest BCUT2D eigenvalue weighted by molar-refractivity contribution is -0.101. The van der Waals surface area contributed by atoms with E-state index in [1.54, 1.807) is 0 Å². The average molecular weight is 673 g/mol. The van der Waals surface area contributed by atoms with E-state index in [1.165, 1.54) is 73.7 Å². The molecule has 258 valence electrons. The zero-order valence-electron chi connectivity index (χ0n) is 30.0. The molecule has 0 aromatic carbocycles. The Hall–Kier alpha value is -1.03. The molecule has 1 rings (SSSR count). The molecular formula is C39H72O3Si3. The second-order valence-corrected chi connectivity index (χ2v) is 29.8. The Labute approximate surface area is 283 Å². The van der Waals surface area contributed by atoms with E-state index in [4.69, 9.17) is 14.2 Å². The highest BCUT2D eigenvalue weighted by Crippen LogP contribution is 2.30. The van der Waals surface area contributed by atoms with Gasteiger partial charge >= 0.3 is 0 Å². The molecule has 0 aromatic heterocycles. The van der Waals surface area contributed by atoms with Gasteiger partial charge in [0.25, 0.3) is 0 Å². The molecule has 1 fully saturated rings. The highest BCUT2D eigenvalue weighted by atomic mass is 28.3. The summed E-state index contributed by atoms with van der Waals surface area (Å²) in [5, 5.41) is 0. The second kappa shape index (κ2) is 24.2. The molecular weight excluding hydrogens is 601 g/mol. The molecule has 0 N–H and O–H groups in total. The van der Waals surface area contributed by atoms with E-state index in [-0.39, 0.29) is 18.3 Å². The molecule has 0 atom stereocenters. The summed E-state index contributed by atoms with van der Waals surface area (Å²) in [6, 6.07) is 11.0. The first kappa shape index (κ1) is 42.0. The zero-order valence-corrected chi connectivity index (χ0v) is 33.0. The van der Waals surface area contributed by atoms with Gasteiger partial charge in [-0.25, -0.2) is 0 Å². The third-order valence-electron chi connectivity index (χ3n) is 9.98. The monoisotopic (exact) mass is 672 g/mol. The van der Waals surface area contributed by atoms with Crippen LogP contribution < -0.4 is 0 Å². The molecule has 1 saturated carbocycles. The molecule has 0 saturated heterocycles. The van der Waals surface area contributed by atoms with Gasteiger partial charge in [-0.15, -0.1) is 39.5 Å². The third-order valence-corrected chi connectivity index (χ3v) is 22.3. The highest BCUT2D eigenvalue weighted by Gasteiger charge is 2.31. The van der Waals surface area contributed by atoms with Crippen LogP contribution in [0.2, 0.25) is 74.0 Å². The highest BCUT2D eigenvalue weighted by molar-refractivity contribution is 6.80. The Kier molecular flexibility index (Phi) is 22.5. The van der Waals surface area contributed by atoms with Crippen molar-refractivity contribution in [2.75, 3.05) is 19.8 Å². The van der Waals surface area contributed by atoms with E-state index in [0.717, 1.165) is 58.3 Å². The quantitative estimate of drug-likeness (QED) is 0.0432. The van der Waals surface area contributed by atoms with Crippen LogP contribution in [0.4, 0.5) is 0 Å². The van der Waals surface area contributed by atoms with Crippen LogP contribution in [0.3, 0.4) is 0 Å². The first-order valence-electron chi connectivity index (χ1n) is 18.1. The van der Waals surface area contributed by atoms with Gasteiger partial charge in [0.15, 0.2) is 0 Å². The van der Waals surface area contributed by atoms with Crippen molar-refractivity contribution in [1.82, 2.24) is 0 Å². The zero-order chi connectivity index (χ0) is 33.4. The molecule has 0 aromatic rings. The fraction of sp³-hybridized carbons (Fsp3) is 0.692. The van der Waals surface area contributed by atoms with Gasteiger partial charge in [0.1, 0.15) is 0 Å². The van der Waals surface area contributed by atoms with E-state index < -0.39 is 24.2 Å². The van der Waals surface area contributed by atoms with Crippen LogP contribution in [-0.2, 0) is 14.2 Å². The molecule has 0 heterocycles. The summed E-state index contributed by atoms with van der Waals surface area (Å²) >= 11 is 0. The summed E-state index contributed by atoms with van der Waals surface area (Å²) in [4.78, 5) is 0. The number of rotatable bonds is 30. The number of allylic oxidation sites excluding steroid dienone is 6. The summed E-state index contributed by atoms with van der Waals surface area (Å²) in [6.45, 7) is 34.0. The molecule has 1 aliphatic carbocycles. The molecule has 0 aliphatic heterocycles. The van der Waals surface area contributed by atoms with Crippen molar-refractivity contribution in [3.63, 3.8) is 0 Å². The van der Waals surface area contributed by atoms with Crippen LogP contribution in [0.25, 0.3) is 0 Å². The van der Waals surface area contributed by atoms with Crippen molar-refractivity contribution in [3.8, 4) is 0 Å². The number of hydrogen-bond donors (Lipinski definition) is 0. The summed E-state index contributed by atoms with van der Waals surface area (Å²) in [7, 11) is -3.88. The van der Waals surface area contributed by atoms with E-state index in [2.05, 4.69) is 95.6 Å². The lowest BCUT2D eigenvalue weighted by Crippen LogP contribution is -2.38. The van der Waals surface area contributed by atoms with Gasteiger partial charge in [-0.05, 0) is 74.8 Å². The first-order chi connectivity index (χ1) is 21.6. The average Bonchev–Trinajstić information content (AvgIpc) is 2.97. The van der Waals surface area contributed by atoms with Crippen molar-refractivity contribution >= 4 is 24.2 Å². The van der Waals surface area contributed by atoms with Crippen molar-refractivity contribution in [2.24, 2.45) is 0 Å². The lowest BCUT2D eigenvalue weighted by atomic mass is 9.92. The van der Waals surface area contributed by atoms with E-state index >= 15 is 0 Å². The molecule has 0 unspecified atom stereocenters. The van der Waals surface area contributed by atoms with Crippen LogP contribution in [0.15, 0.2) is 75.9 Å². The number of hydrogen-bond acceptors (Lipinski definition) is 3. The van der Waals surface area contributed by atoms with Crippen molar-refractivity contribution in [1.29, 1.82) is 0 Å². The van der Waals surface area contributed by atoms with Crippen molar-refractivity contribution in [2.45, 2.75) is 150 Å². The van der Waals surface area contributed by atoms with Crippen LogP contribution in [0.1, 0.15) is 57.8 Å². The SMILES string of the molecule is C=CC[Si](C)(CC=C)CCCCOC1CC(OCCCC[Si](C)(CC=C)CC=C)CC(OCCCC[Si](C)(CC=C)CC=C)C1. The Morgan fingerprint density at radius 2 is 0.644 bits per heavy atom. The number of unbranched alkanes of at least 4 members (excludes halogenated alkanes) is 3. The van der Waals surface area contributed by atoms with Gasteiger partial charge in [0.05, 0.1) is 42.5 Å². The molecule has 1 aliphatic rings. The predicted molar refractivity (Wildman–Crippen MR) is 210 cm³/mol. The maximum atomic E-state index is 6.52. The normalized spacial score (nSPS) is 19.1. The van der Waals surface area contributed by atoms with Crippen LogP contribution in [0, 0.1) is 0 Å². The van der Waals surface area contributed by atoms with E-state index in [9.17, 15) is 0 Å². The van der Waals surface area contributed by atoms with Crippen LogP contribution in [-0.4, -0.2) is 62.4 Å². The Balaban J connectivity index is 2.61. The Bertz CT molecular complexity index is 711. The summed E-state index contributed by atoms with van der Waals surface area (Å²) in [5.41, 5.74) is 0. The summed E-state index contributed by atoms with van der Waals surface area (Å²) < 4.78 is 19.6. The molecule has 45 heavy (non-hydrogen) atoms. The van der Waals surface area contributed by atoms with E-state index in [1.807, 2.05) is 0 Å². The lowest BCUT2D eigenvalue weighted by Gasteiger charge is -2.35. The standard InChI is InChI=1S/C39H72O3Si3/c1-10-25-43(7,26-11-2)31-19-16-22-40-37-34-38(41-23-17-20-32-44(8,27-12-3)28-13-4)36-39(35-37)42-24-18-21-33-45(9,29-14-5)30-15-6/h10-15,37-39H,1-6,16-36H2,7-9H3. The Morgan fingerprint density at radius 1 is 0.422 bits per heavy atom. The topological polar surface area (TPSA) is 27.7 Å². The fourth-order valence-electron chi connectivity index (χ4n) is 7.24. The molecule has 0 bridgehead atoms. The van der Waals surface area contributed by atoms with E-state index in [0.29, 0.717) is 0 Å². The Morgan fingerprint density at radius 3 is 0.844 bits per heavy atom. The van der Waals surface area contributed by atoms with Gasteiger partial charge in [-0.1, -0.05) is 93.5 Å². The molecule has 0 spiro atoms. The van der Waals surface area contributed by atoms with Gasteiger partial charge in [-0.2, -0.15) is 0 Å². The van der Waals surface area contributed by atoms with Crippen molar-refractivity contribution < 1.29 is 14.2 Å². The summed E-state index contributed by atoms with van der Waals surface area (Å²) in [5.74, 6) is 0. The molecule has 6 heteroatoms. The van der Waals surface area contributed by atoms with Gasteiger partial charge in [0.2, 0.25) is 0 Å². The van der Waals surface area contributed by atoms with Crippen LogP contribution >= 0.6 is 0 Å². The third kappa shape index (κ3) is 18.8.